The van der Waals surface area contributed by atoms with Crippen molar-refractivity contribution >= 4 is 51.1 Å². The van der Waals surface area contributed by atoms with Crippen LogP contribution in [0.15, 0.2) is 58.0 Å². The van der Waals surface area contributed by atoms with Crippen LogP contribution in [0, 0.1) is 10.1 Å². The predicted octanol–water partition coefficient (Wildman–Crippen LogP) is 3.45. The van der Waals surface area contributed by atoms with Crippen molar-refractivity contribution in [2.45, 2.75) is 4.34 Å². The van der Waals surface area contributed by atoms with Crippen molar-refractivity contribution in [3.05, 3.63) is 64.2 Å². The van der Waals surface area contributed by atoms with E-state index >= 15 is 0 Å². The molecule has 0 saturated carbocycles. The zero-order chi connectivity index (χ0) is 17.6. The second-order valence-corrected chi connectivity index (χ2v) is 7.13. The molecule has 0 aliphatic rings. The smallest absolute Gasteiger partial charge is 0.269 e. The average molecular weight is 372 g/mol. The van der Waals surface area contributed by atoms with Crippen molar-refractivity contribution in [3.63, 3.8) is 0 Å². The van der Waals surface area contributed by atoms with Gasteiger partial charge in [-0.3, -0.25) is 14.9 Å². The van der Waals surface area contributed by atoms with Crippen LogP contribution in [0.25, 0.3) is 10.2 Å². The molecule has 1 N–H and O–H groups in total. The van der Waals surface area contributed by atoms with Crippen LogP contribution in [0.4, 0.5) is 5.69 Å². The minimum atomic E-state index is -0.470. The summed E-state index contributed by atoms with van der Waals surface area (Å²) in [6.45, 7) is 0. The summed E-state index contributed by atoms with van der Waals surface area (Å²) >= 11 is 2.89. The Morgan fingerprint density at radius 1 is 1.28 bits per heavy atom. The number of thioether (sulfide) groups is 1. The summed E-state index contributed by atoms with van der Waals surface area (Å²) in [5, 5.41) is 14.4. The van der Waals surface area contributed by atoms with Crippen molar-refractivity contribution in [1.29, 1.82) is 0 Å². The molecule has 0 spiro atoms. The van der Waals surface area contributed by atoms with Crippen LogP contribution in [-0.4, -0.2) is 27.8 Å². The fraction of sp³-hybridized carbons (Fsp3) is 0.0625. The summed E-state index contributed by atoms with van der Waals surface area (Å²) in [5.41, 5.74) is 4.01. The Bertz CT molecular complexity index is 905. The summed E-state index contributed by atoms with van der Waals surface area (Å²) in [5.74, 6) is -0.0420. The number of benzene rings is 2. The molecular weight excluding hydrogens is 360 g/mol. The Balaban J connectivity index is 1.49. The number of amides is 1. The number of thiazole rings is 1. The minimum Gasteiger partial charge on any atom is -0.272 e. The number of rotatable bonds is 6. The summed E-state index contributed by atoms with van der Waals surface area (Å²) in [7, 11) is 0. The highest BCUT2D eigenvalue weighted by molar-refractivity contribution is 8.01. The Labute approximate surface area is 150 Å². The molecule has 0 aliphatic heterocycles. The van der Waals surface area contributed by atoms with Gasteiger partial charge in [0.15, 0.2) is 4.34 Å². The van der Waals surface area contributed by atoms with Gasteiger partial charge in [-0.2, -0.15) is 5.10 Å². The van der Waals surface area contributed by atoms with Gasteiger partial charge in [-0.1, -0.05) is 23.9 Å². The summed E-state index contributed by atoms with van der Waals surface area (Å²) < 4.78 is 1.91. The van der Waals surface area contributed by atoms with Crippen molar-refractivity contribution in [1.82, 2.24) is 10.4 Å². The molecule has 3 aromatic rings. The van der Waals surface area contributed by atoms with Crippen LogP contribution in [0.2, 0.25) is 0 Å². The second-order valence-electron chi connectivity index (χ2n) is 4.88. The highest BCUT2D eigenvalue weighted by Gasteiger charge is 2.07. The maximum atomic E-state index is 11.8. The minimum absolute atomic E-state index is 0.00780. The van der Waals surface area contributed by atoms with Gasteiger partial charge in [-0.15, -0.1) is 11.3 Å². The maximum Gasteiger partial charge on any atom is 0.269 e. The fourth-order valence-corrected chi connectivity index (χ4v) is 3.79. The van der Waals surface area contributed by atoms with Gasteiger partial charge in [0.25, 0.3) is 11.6 Å². The number of carbonyl (C=O) groups is 1. The number of fused-ring (bicyclic) bond motifs is 1. The third-order valence-electron chi connectivity index (χ3n) is 3.11. The third kappa shape index (κ3) is 4.61. The van der Waals surface area contributed by atoms with Crippen LogP contribution < -0.4 is 5.43 Å². The van der Waals surface area contributed by atoms with Gasteiger partial charge in [0.2, 0.25) is 0 Å². The maximum absolute atomic E-state index is 11.8. The Morgan fingerprint density at radius 2 is 2.04 bits per heavy atom. The molecule has 0 aliphatic carbocycles. The summed E-state index contributed by atoms with van der Waals surface area (Å²) in [4.78, 5) is 26.3. The topological polar surface area (TPSA) is 97.5 Å². The molecule has 1 aromatic heterocycles. The first-order valence-electron chi connectivity index (χ1n) is 7.16. The van der Waals surface area contributed by atoms with Crippen molar-refractivity contribution in [3.8, 4) is 0 Å². The standard InChI is InChI=1S/C16H12N4O3S2/c21-15(10-24-16-18-13-3-1-2-4-14(13)25-16)19-17-9-11-5-7-12(8-6-11)20(22)23/h1-9H,10H2,(H,19,21)/b17-9+. The van der Waals surface area contributed by atoms with Gasteiger partial charge >= 0.3 is 0 Å². The Kier molecular flexibility index (Phi) is 5.36. The third-order valence-corrected chi connectivity index (χ3v) is 5.29. The number of para-hydroxylation sites is 1. The number of nitro benzene ring substituents is 1. The zero-order valence-corrected chi connectivity index (χ0v) is 14.4. The van der Waals surface area contributed by atoms with E-state index in [-0.39, 0.29) is 17.3 Å². The van der Waals surface area contributed by atoms with Gasteiger partial charge < -0.3 is 0 Å². The van der Waals surface area contributed by atoms with Crippen molar-refractivity contribution < 1.29 is 9.72 Å². The molecule has 1 amide bonds. The number of non-ortho nitro benzene ring substituents is 1. The monoisotopic (exact) mass is 372 g/mol. The molecule has 0 unspecified atom stereocenters. The molecule has 9 heteroatoms. The lowest BCUT2D eigenvalue weighted by molar-refractivity contribution is -0.384. The van der Waals surface area contributed by atoms with Crippen LogP contribution in [-0.2, 0) is 4.79 Å². The number of nitro groups is 1. The zero-order valence-electron chi connectivity index (χ0n) is 12.8. The van der Waals surface area contributed by atoms with E-state index in [9.17, 15) is 14.9 Å². The lowest BCUT2D eigenvalue weighted by Gasteiger charge is -1.97. The quantitative estimate of drug-likeness (QED) is 0.309. The largest absolute Gasteiger partial charge is 0.272 e. The highest BCUT2D eigenvalue weighted by atomic mass is 32.2. The molecule has 0 fully saturated rings. The molecule has 0 atom stereocenters. The van der Waals surface area contributed by atoms with E-state index in [1.54, 1.807) is 23.5 Å². The molecule has 0 saturated heterocycles. The summed E-state index contributed by atoms with van der Waals surface area (Å²) in [6.07, 6.45) is 1.43. The van der Waals surface area contributed by atoms with Gasteiger partial charge in [-0.05, 0) is 29.8 Å². The van der Waals surface area contributed by atoms with Gasteiger partial charge in [0.05, 0.1) is 27.1 Å². The number of aromatic nitrogens is 1. The number of hydrazone groups is 1. The lowest BCUT2D eigenvalue weighted by Crippen LogP contribution is -2.19. The van der Waals surface area contributed by atoms with Crippen LogP contribution >= 0.6 is 23.1 Å². The molecular formula is C16H12N4O3S2. The Morgan fingerprint density at radius 3 is 2.76 bits per heavy atom. The number of nitrogens with zero attached hydrogens (tertiary/aromatic N) is 3. The number of carbonyl (C=O) groups excluding carboxylic acids is 1. The normalized spacial score (nSPS) is 11.0. The van der Waals surface area contributed by atoms with Crippen LogP contribution in [0.5, 0.6) is 0 Å². The molecule has 0 bridgehead atoms. The second kappa shape index (κ2) is 7.86. The highest BCUT2D eigenvalue weighted by Crippen LogP contribution is 2.28. The van der Waals surface area contributed by atoms with Crippen LogP contribution in [0.1, 0.15) is 5.56 Å². The first-order valence-corrected chi connectivity index (χ1v) is 8.97. The average Bonchev–Trinajstić information content (AvgIpc) is 3.03. The lowest BCUT2D eigenvalue weighted by atomic mass is 10.2. The first kappa shape index (κ1) is 17.1. The van der Waals surface area contributed by atoms with Gasteiger partial charge in [0.1, 0.15) is 0 Å². The van der Waals surface area contributed by atoms with E-state index in [1.807, 2.05) is 24.3 Å². The molecule has 7 nitrogen and oxygen atoms in total. The van der Waals surface area contributed by atoms with Crippen LogP contribution in [0.3, 0.4) is 0 Å². The number of hydrogen-bond donors (Lipinski definition) is 1. The molecule has 3 rings (SSSR count). The molecule has 1 heterocycles. The van der Waals surface area contributed by atoms with E-state index in [4.69, 9.17) is 0 Å². The molecule has 126 valence electrons. The van der Waals surface area contributed by atoms with E-state index in [0.717, 1.165) is 14.6 Å². The van der Waals surface area contributed by atoms with Gasteiger partial charge in [-0.25, -0.2) is 10.4 Å². The fourth-order valence-electron chi connectivity index (χ4n) is 1.93. The molecule has 0 radical (unpaired) electrons. The molecule has 2 aromatic carbocycles. The Hall–Kier alpha value is -2.78. The van der Waals surface area contributed by atoms with E-state index in [1.165, 1.54) is 30.1 Å². The van der Waals surface area contributed by atoms with E-state index in [2.05, 4.69) is 15.5 Å². The predicted molar refractivity (Wildman–Crippen MR) is 99.2 cm³/mol. The van der Waals surface area contributed by atoms with Crippen molar-refractivity contribution in [2.24, 2.45) is 5.10 Å². The first-order chi connectivity index (χ1) is 12.1. The number of nitrogens with one attached hydrogen (secondary N) is 1. The van der Waals surface area contributed by atoms with E-state index < -0.39 is 4.92 Å². The summed E-state index contributed by atoms with van der Waals surface area (Å²) in [6, 6.07) is 13.7. The van der Waals surface area contributed by atoms with E-state index in [0.29, 0.717) is 5.56 Å². The SMILES string of the molecule is O=C(CSc1nc2ccccc2s1)N/N=C/c1ccc([N+](=O)[O-])cc1. The number of hydrogen-bond acceptors (Lipinski definition) is 7. The van der Waals surface area contributed by atoms with Gasteiger partial charge in [0, 0.05) is 12.1 Å². The molecule has 25 heavy (non-hydrogen) atoms. The van der Waals surface area contributed by atoms with Crippen molar-refractivity contribution in [2.75, 3.05) is 5.75 Å².